The van der Waals surface area contributed by atoms with E-state index in [1.165, 1.54) is 4.68 Å². The van der Waals surface area contributed by atoms with Gasteiger partial charge in [-0.2, -0.15) is 23.4 Å². The van der Waals surface area contributed by atoms with E-state index in [9.17, 15) is 22.8 Å². The zero-order valence-electron chi connectivity index (χ0n) is 18.1. The molecule has 0 bridgehead atoms. The van der Waals surface area contributed by atoms with Gasteiger partial charge < -0.3 is 5.32 Å². The summed E-state index contributed by atoms with van der Waals surface area (Å²) in [5.41, 5.74) is 2.50. The lowest BCUT2D eigenvalue weighted by Gasteiger charge is -2.11. The highest BCUT2D eigenvalue weighted by molar-refractivity contribution is 5.90. The number of carbonyl (C=O) groups excluding carboxylic acids is 1. The normalized spacial score (nSPS) is 11.7. The van der Waals surface area contributed by atoms with Gasteiger partial charge in [0.1, 0.15) is 12.1 Å². The summed E-state index contributed by atoms with van der Waals surface area (Å²) in [6.45, 7) is 5.24. The van der Waals surface area contributed by atoms with Crippen molar-refractivity contribution in [1.29, 1.82) is 0 Å². The van der Waals surface area contributed by atoms with Crippen LogP contribution in [0.3, 0.4) is 0 Å². The van der Waals surface area contributed by atoms with Gasteiger partial charge in [-0.3, -0.25) is 9.59 Å². The van der Waals surface area contributed by atoms with Crippen LogP contribution in [0.15, 0.2) is 53.5 Å². The van der Waals surface area contributed by atoms with E-state index >= 15 is 0 Å². The van der Waals surface area contributed by atoms with Crippen LogP contribution in [-0.2, 0) is 17.5 Å². The number of carbonyl (C=O) groups is 1. The van der Waals surface area contributed by atoms with E-state index in [1.54, 1.807) is 13.1 Å². The molecule has 33 heavy (non-hydrogen) atoms. The van der Waals surface area contributed by atoms with Crippen LogP contribution in [0.25, 0.3) is 16.6 Å². The van der Waals surface area contributed by atoms with Crippen molar-refractivity contribution in [1.82, 2.24) is 19.6 Å². The number of hydrogen-bond donors (Lipinski definition) is 1. The van der Waals surface area contributed by atoms with Crippen LogP contribution in [0, 0.1) is 20.8 Å². The Balaban J connectivity index is 1.64. The molecule has 0 aliphatic rings. The molecule has 0 saturated heterocycles. The summed E-state index contributed by atoms with van der Waals surface area (Å²) in [7, 11) is 0. The van der Waals surface area contributed by atoms with Gasteiger partial charge in [0.25, 0.3) is 5.56 Å². The van der Waals surface area contributed by atoms with Crippen LogP contribution in [-0.4, -0.2) is 25.5 Å². The average molecular weight is 455 g/mol. The van der Waals surface area contributed by atoms with Crippen molar-refractivity contribution < 1.29 is 18.0 Å². The number of fused-ring (bicyclic) bond motifs is 1. The molecule has 0 spiro atoms. The number of halogens is 3. The summed E-state index contributed by atoms with van der Waals surface area (Å²) < 4.78 is 40.7. The van der Waals surface area contributed by atoms with Crippen molar-refractivity contribution >= 4 is 22.5 Å². The number of aryl methyl sites for hydroxylation is 3. The number of aromatic nitrogens is 4. The molecule has 0 aliphatic heterocycles. The van der Waals surface area contributed by atoms with Crippen molar-refractivity contribution in [2.45, 2.75) is 33.5 Å². The quantitative estimate of drug-likeness (QED) is 0.501. The number of hydrogen-bond acceptors (Lipinski definition) is 4. The summed E-state index contributed by atoms with van der Waals surface area (Å²) in [4.78, 5) is 25.6. The monoisotopic (exact) mass is 455 g/mol. The first-order valence-electron chi connectivity index (χ1n) is 10.0. The summed E-state index contributed by atoms with van der Waals surface area (Å²) in [5.74, 6) is -0.597. The second-order valence-corrected chi connectivity index (χ2v) is 7.76. The molecule has 2 aromatic carbocycles. The van der Waals surface area contributed by atoms with Gasteiger partial charge in [0.15, 0.2) is 0 Å². The molecular weight excluding hydrogens is 435 g/mol. The molecule has 0 unspecified atom stereocenters. The molecule has 1 N–H and O–H groups in total. The number of rotatable bonds is 4. The number of nitrogens with one attached hydrogen (secondary N) is 1. The minimum absolute atomic E-state index is 0.180. The minimum atomic E-state index is -4.47. The Labute approximate surface area is 186 Å². The summed E-state index contributed by atoms with van der Waals surface area (Å²) in [6.07, 6.45) is -2.91. The van der Waals surface area contributed by atoms with Crippen LogP contribution in [0.1, 0.15) is 22.4 Å². The lowest BCUT2D eigenvalue weighted by atomic mass is 10.1. The molecule has 0 aliphatic carbocycles. The first-order chi connectivity index (χ1) is 15.5. The largest absolute Gasteiger partial charge is 0.416 e. The van der Waals surface area contributed by atoms with E-state index in [4.69, 9.17) is 0 Å². The average Bonchev–Trinajstić information content (AvgIpc) is 3.19. The SMILES string of the molecule is Cc1ccc(-n2ncc3c(C)nn(CC(=O)Nc4ccc(C(F)(F)F)cc4)c(=O)c32)cc1C. The fraction of sp³-hybridized carbons (Fsp3) is 0.217. The van der Waals surface area contributed by atoms with E-state index in [1.807, 2.05) is 32.0 Å². The highest BCUT2D eigenvalue weighted by Gasteiger charge is 2.30. The Morgan fingerprint density at radius 1 is 1.03 bits per heavy atom. The fourth-order valence-corrected chi connectivity index (χ4v) is 3.46. The maximum absolute atomic E-state index is 13.2. The van der Waals surface area contributed by atoms with E-state index in [0.29, 0.717) is 16.8 Å². The van der Waals surface area contributed by atoms with Crippen LogP contribution in [0.5, 0.6) is 0 Å². The maximum Gasteiger partial charge on any atom is 0.416 e. The van der Waals surface area contributed by atoms with E-state index in [2.05, 4.69) is 15.5 Å². The second kappa shape index (κ2) is 8.19. The maximum atomic E-state index is 13.2. The Hall–Kier alpha value is -3.95. The van der Waals surface area contributed by atoms with Gasteiger partial charge in [-0.05, 0) is 68.3 Å². The molecular formula is C23H20F3N5O2. The minimum Gasteiger partial charge on any atom is -0.324 e. The smallest absolute Gasteiger partial charge is 0.324 e. The van der Waals surface area contributed by atoms with Crippen molar-refractivity contribution in [3.8, 4) is 5.69 Å². The first kappa shape index (κ1) is 22.3. The zero-order chi connectivity index (χ0) is 23.9. The van der Waals surface area contributed by atoms with Gasteiger partial charge in [-0.25, -0.2) is 9.36 Å². The summed E-state index contributed by atoms with van der Waals surface area (Å²) in [6, 6.07) is 9.75. The highest BCUT2D eigenvalue weighted by atomic mass is 19.4. The topological polar surface area (TPSA) is 81.8 Å². The lowest BCUT2D eigenvalue weighted by molar-refractivity contribution is -0.137. The molecule has 2 aromatic heterocycles. The third kappa shape index (κ3) is 4.36. The molecule has 0 fully saturated rings. The third-order valence-corrected chi connectivity index (χ3v) is 5.39. The first-order valence-corrected chi connectivity index (χ1v) is 10.0. The Morgan fingerprint density at radius 3 is 2.36 bits per heavy atom. The number of benzene rings is 2. The van der Waals surface area contributed by atoms with Gasteiger partial charge in [0, 0.05) is 11.1 Å². The molecule has 2 heterocycles. The Kier molecular flexibility index (Phi) is 5.52. The van der Waals surface area contributed by atoms with Crippen LogP contribution in [0.2, 0.25) is 0 Å². The van der Waals surface area contributed by atoms with Gasteiger partial charge >= 0.3 is 6.18 Å². The highest BCUT2D eigenvalue weighted by Crippen LogP contribution is 2.29. The van der Waals surface area contributed by atoms with Gasteiger partial charge in [0.2, 0.25) is 5.91 Å². The predicted molar refractivity (Wildman–Crippen MR) is 117 cm³/mol. The molecule has 0 radical (unpaired) electrons. The van der Waals surface area contributed by atoms with Crippen molar-refractivity contribution in [2.75, 3.05) is 5.32 Å². The van der Waals surface area contributed by atoms with Crippen molar-refractivity contribution in [2.24, 2.45) is 0 Å². The van der Waals surface area contributed by atoms with Crippen LogP contribution >= 0.6 is 0 Å². The summed E-state index contributed by atoms with van der Waals surface area (Å²) in [5, 5.41) is 11.6. The van der Waals surface area contributed by atoms with Gasteiger partial charge in [0.05, 0.1) is 23.1 Å². The molecule has 170 valence electrons. The standard InChI is InChI=1S/C23H20F3N5O2/c1-13-4-9-18(10-14(13)2)31-21-19(11-27-31)15(3)29-30(22(21)33)12-20(32)28-17-7-5-16(6-8-17)23(24,25)26/h4-11H,12H2,1-3H3,(H,28,32). The molecule has 1 amide bonds. The molecule has 0 saturated carbocycles. The van der Waals surface area contributed by atoms with Crippen molar-refractivity contribution in [3.05, 3.63) is 81.4 Å². The lowest BCUT2D eigenvalue weighted by Crippen LogP contribution is -2.31. The predicted octanol–water partition coefficient (Wildman–Crippen LogP) is 4.16. The number of anilines is 1. The number of nitrogens with zero attached hydrogens (tertiary/aromatic N) is 4. The molecule has 0 atom stereocenters. The van der Waals surface area contributed by atoms with Gasteiger partial charge in [-0.15, -0.1) is 0 Å². The van der Waals surface area contributed by atoms with Crippen LogP contribution in [0.4, 0.5) is 18.9 Å². The van der Waals surface area contributed by atoms with E-state index in [0.717, 1.165) is 40.1 Å². The fourth-order valence-electron chi connectivity index (χ4n) is 3.46. The molecule has 7 nitrogen and oxygen atoms in total. The van der Waals surface area contributed by atoms with Crippen LogP contribution < -0.4 is 10.9 Å². The Morgan fingerprint density at radius 2 is 1.73 bits per heavy atom. The van der Waals surface area contributed by atoms with Gasteiger partial charge in [-0.1, -0.05) is 6.07 Å². The summed E-state index contributed by atoms with van der Waals surface area (Å²) >= 11 is 0. The van der Waals surface area contributed by atoms with E-state index < -0.39 is 29.8 Å². The zero-order valence-corrected chi connectivity index (χ0v) is 18.1. The van der Waals surface area contributed by atoms with Crippen molar-refractivity contribution in [3.63, 3.8) is 0 Å². The number of alkyl halides is 3. The van der Waals surface area contributed by atoms with E-state index in [-0.39, 0.29) is 11.2 Å². The Bertz CT molecular complexity index is 1420. The second-order valence-electron chi connectivity index (χ2n) is 7.76. The molecule has 10 heteroatoms. The number of amides is 1. The third-order valence-electron chi connectivity index (χ3n) is 5.39. The molecule has 4 rings (SSSR count). The molecule has 4 aromatic rings.